The second kappa shape index (κ2) is 7.84. The Morgan fingerprint density at radius 1 is 1.28 bits per heavy atom. The standard InChI is InChI=1S/C14H21NO3/c1-11(14(16)18-3)15-9-8-12-6-4-5-7-13(12)10-17-2/h4-7,11,15H,8-10H2,1-3H3. The fourth-order valence-corrected chi connectivity index (χ4v) is 1.78. The van der Waals surface area contributed by atoms with Crippen molar-refractivity contribution in [3.63, 3.8) is 0 Å². The van der Waals surface area contributed by atoms with Gasteiger partial charge in [-0.2, -0.15) is 0 Å². The van der Waals surface area contributed by atoms with E-state index in [9.17, 15) is 4.79 Å². The van der Waals surface area contributed by atoms with E-state index in [4.69, 9.17) is 4.74 Å². The van der Waals surface area contributed by atoms with E-state index < -0.39 is 0 Å². The Hall–Kier alpha value is -1.39. The number of benzene rings is 1. The molecule has 1 aromatic rings. The highest BCUT2D eigenvalue weighted by atomic mass is 16.5. The van der Waals surface area contributed by atoms with Crippen LogP contribution in [-0.4, -0.2) is 32.8 Å². The summed E-state index contributed by atoms with van der Waals surface area (Å²) in [5.41, 5.74) is 2.43. The lowest BCUT2D eigenvalue weighted by Gasteiger charge is -2.13. The summed E-state index contributed by atoms with van der Waals surface area (Å²) in [6.07, 6.45) is 0.862. The lowest BCUT2D eigenvalue weighted by atomic mass is 10.1. The Labute approximate surface area is 108 Å². The Bertz CT molecular complexity index is 379. The monoisotopic (exact) mass is 251 g/mol. The van der Waals surface area contributed by atoms with E-state index in [1.165, 1.54) is 18.2 Å². The highest BCUT2D eigenvalue weighted by Gasteiger charge is 2.11. The van der Waals surface area contributed by atoms with Crippen LogP contribution in [0.1, 0.15) is 18.1 Å². The molecule has 18 heavy (non-hydrogen) atoms. The van der Waals surface area contributed by atoms with Gasteiger partial charge in [0.25, 0.3) is 0 Å². The minimum Gasteiger partial charge on any atom is -0.468 e. The van der Waals surface area contributed by atoms with Crippen LogP contribution in [0.5, 0.6) is 0 Å². The molecule has 0 bridgehead atoms. The Morgan fingerprint density at radius 2 is 1.94 bits per heavy atom. The summed E-state index contributed by atoms with van der Waals surface area (Å²) in [4.78, 5) is 11.2. The zero-order valence-electron chi connectivity index (χ0n) is 11.2. The van der Waals surface area contributed by atoms with Crippen LogP contribution in [0.4, 0.5) is 0 Å². The molecule has 0 saturated heterocycles. The first-order valence-electron chi connectivity index (χ1n) is 6.06. The predicted molar refractivity (Wildman–Crippen MR) is 70.3 cm³/mol. The quantitative estimate of drug-likeness (QED) is 0.747. The van der Waals surface area contributed by atoms with Crippen molar-refractivity contribution < 1.29 is 14.3 Å². The molecule has 0 amide bonds. The fourth-order valence-electron chi connectivity index (χ4n) is 1.78. The van der Waals surface area contributed by atoms with Crippen molar-refractivity contribution in [3.8, 4) is 0 Å². The summed E-state index contributed by atoms with van der Waals surface area (Å²) >= 11 is 0. The molecule has 1 aromatic carbocycles. The molecule has 1 N–H and O–H groups in total. The van der Waals surface area contributed by atoms with E-state index in [2.05, 4.69) is 22.2 Å². The highest BCUT2D eigenvalue weighted by molar-refractivity contribution is 5.75. The first kappa shape index (κ1) is 14.7. The normalized spacial score (nSPS) is 12.2. The molecule has 0 spiro atoms. The molecule has 4 heteroatoms. The van der Waals surface area contributed by atoms with Crippen molar-refractivity contribution in [1.82, 2.24) is 5.32 Å². The number of carbonyl (C=O) groups is 1. The third-order valence-electron chi connectivity index (χ3n) is 2.82. The fraction of sp³-hybridized carbons (Fsp3) is 0.500. The number of hydrogen-bond donors (Lipinski definition) is 1. The Kier molecular flexibility index (Phi) is 6.39. The maximum atomic E-state index is 11.2. The number of nitrogens with one attached hydrogen (secondary N) is 1. The van der Waals surface area contributed by atoms with Crippen LogP contribution in [0.15, 0.2) is 24.3 Å². The van der Waals surface area contributed by atoms with Gasteiger partial charge in [-0.25, -0.2) is 0 Å². The van der Waals surface area contributed by atoms with E-state index in [1.54, 1.807) is 14.0 Å². The van der Waals surface area contributed by atoms with E-state index >= 15 is 0 Å². The zero-order chi connectivity index (χ0) is 13.4. The van der Waals surface area contributed by atoms with Crippen LogP contribution in [0.2, 0.25) is 0 Å². The van der Waals surface area contributed by atoms with Gasteiger partial charge in [-0.3, -0.25) is 4.79 Å². The third kappa shape index (κ3) is 4.47. The number of esters is 1. The predicted octanol–water partition coefficient (Wildman–Crippen LogP) is 1.53. The van der Waals surface area contributed by atoms with E-state index in [1.807, 2.05) is 12.1 Å². The lowest BCUT2D eigenvalue weighted by molar-refractivity contribution is -0.142. The van der Waals surface area contributed by atoms with Gasteiger partial charge >= 0.3 is 5.97 Å². The lowest BCUT2D eigenvalue weighted by Crippen LogP contribution is -2.36. The number of hydrogen-bond acceptors (Lipinski definition) is 4. The second-order valence-corrected chi connectivity index (χ2v) is 4.15. The van der Waals surface area contributed by atoms with E-state index in [0.717, 1.165) is 13.0 Å². The highest BCUT2D eigenvalue weighted by Crippen LogP contribution is 2.10. The molecule has 1 unspecified atom stereocenters. The maximum Gasteiger partial charge on any atom is 0.322 e. The molecular weight excluding hydrogens is 230 g/mol. The molecule has 0 saturated carbocycles. The molecule has 1 atom stereocenters. The van der Waals surface area contributed by atoms with E-state index in [0.29, 0.717) is 6.61 Å². The first-order chi connectivity index (χ1) is 8.69. The van der Waals surface area contributed by atoms with Crippen molar-refractivity contribution in [2.45, 2.75) is 26.0 Å². The van der Waals surface area contributed by atoms with Gasteiger partial charge in [0.15, 0.2) is 0 Å². The van der Waals surface area contributed by atoms with Gasteiger partial charge in [0, 0.05) is 7.11 Å². The van der Waals surface area contributed by atoms with Crippen molar-refractivity contribution in [3.05, 3.63) is 35.4 Å². The molecule has 0 aliphatic heterocycles. The van der Waals surface area contributed by atoms with Crippen molar-refractivity contribution in [2.24, 2.45) is 0 Å². The maximum absolute atomic E-state index is 11.2. The summed E-state index contributed by atoms with van der Waals surface area (Å²) in [5, 5.41) is 3.14. The first-order valence-corrected chi connectivity index (χ1v) is 6.06. The molecule has 0 radical (unpaired) electrons. The largest absolute Gasteiger partial charge is 0.468 e. The van der Waals surface area contributed by atoms with Crippen LogP contribution >= 0.6 is 0 Å². The Morgan fingerprint density at radius 3 is 2.56 bits per heavy atom. The minimum absolute atomic E-state index is 0.236. The third-order valence-corrected chi connectivity index (χ3v) is 2.82. The van der Waals surface area contributed by atoms with Gasteiger partial charge in [0.2, 0.25) is 0 Å². The molecule has 0 heterocycles. The number of carbonyl (C=O) groups excluding carboxylic acids is 1. The molecule has 0 fully saturated rings. The number of ether oxygens (including phenoxy) is 2. The summed E-state index contributed by atoms with van der Waals surface area (Å²) in [5.74, 6) is -0.236. The topological polar surface area (TPSA) is 47.6 Å². The molecule has 0 aromatic heterocycles. The van der Waals surface area contributed by atoms with Crippen LogP contribution in [0.3, 0.4) is 0 Å². The van der Waals surface area contributed by atoms with Gasteiger partial charge in [-0.1, -0.05) is 24.3 Å². The number of methoxy groups -OCH3 is 2. The summed E-state index contributed by atoms with van der Waals surface area (Å²) in [7, 11) is 3.09. The molecule has 100 valence electrons. The minimum atomic E-state index is -0.274. The van der Waals surface area contributed by atoms with Gasteiger partial charge in [0.1, 0.15) is 6.04 Å². The molecule has 4 nitrogen and oxygen atoms in total. The average Bonchev–Trinajstić information content (AvgIpc) is 2.40. The smallest absolute Gasteiger partial charge is 0.322 e. The molecule has 0 aliphatic rings. The van der Waals surface area contributed by atoms with Crippen LogP contribution in [-0.2, 0) is 27.3 Å². The van der Waals surface area contributed by atoms with E-state index in [-0.39, 0.29) is 12.0 Å². The van der Waals surface area contributed by atoms with Gasteiger partial charge in [-0.15, -0.1) is 0 Å². The molecule has 0 aliphatic carbocycles. The second-order valence-electron chi connectivity index (χ2n) is 4.15. The SMILES string of the molecule is COCc1ccccc1CCNC(C)C(=O)OC. The zero-order valence-corrected chi connectivity index (χ0v) is 11.2. The van der Waals surface area contributed by atoms with Gasteiger partial charge < -0.3 is 14.8 Å². The van der Waals surface area contributed by atoms with Gasteiger partial charge in [0.05, 0.1) is 13.7 Å². The summed E-state index contributed by atoms with van der Waals surface area (Å²) in [6.45, 7) is 3.15. The summed E-state index contributed by atoms with van der Waals surface area (Å²) in [6, 6.07) is 7.88. The van der Waals surface area contributed by atoms with Crippen LogP contribution in [0, 0.1) is 0 Å². The molecule has 1 rings (SSSR count). The Balaban J connectivity index is 2.46. The summed E-state index contributed by atoms with van der Waals surface area (Å²) < 4.78 is 9.81. The van der Waals surface area contributed by atoms with Gasteiger partial charge in [-0.05, 0) is 31.0 Å². The van der Waals surface area contributed by atoms with Crippen LogP contribution < -0.4 is 5.32 Å². The van der Waals surface area contributed by atoms with Crippen molar-refractivity contribution in [1.29, 1.82) is 0 Å². The van der Waals surface area contributed by atoms with Crippen molar-refractivity contribution in [2.75, 3.05) is 20.8 Å². The van der Waals surface area contributed by atoms with Crippen molar-refractivity contribution >= 4 is 5.97 Å². The number of rotatable bonds is 7. The van der Waals surface area contributed by atoms with Crippen LogP contribution in [0.25, 0.3) is 0 Å². The molecular formula is C14H21NO3. The average molecular weight is 251 g/mol.